The zero-order chi connectivity index (χ0) is 11.0. The van der Waals surface area contributed by atoms with Crippen LogP contribution in [0.4, 0.5) is 0 Å². The molecule has 1 heterocycles. The molecule has 0 saturated heterocycles. The third kappa shape index (κ3) is 1.63. The van der Waals surface area contributed by atoms with Crippen molar-refractivity contribution >= 4 is 32.9 Å². The second-order valence-corrected chi connectivity index (χ2v) is 3.95. The van der Waals surface area contributed by atoms with Crippen LogP contribution in [-0.2, 0) is 4.74 Å². The van der Waals surface area contributed by atoms with E-state index in [1.807, 2.05) is 6.92 Å². The number of fused-ring (bicyclic) bond motifs is 1. The van der Waals surface area contributed by atoms with Crippen molar-refractivity contribution in [3.8, 4) is 0 Å². The molecule has 0 radical (unpaired) electrons. The molecule has 15 heavy (non-hydrogen) atoms. The predicted octanol–water partition coefficient (Wildman–Crippen LogP) is 2.69. The Labute approximate surface area is 94.3 Å². The van der Waals surface area contributed by atoms with E-state index in [0.717, 1.165) is 11.1 Å². The van der Waals surface area contributed by atoms with Gasteiger partial charge >= 0.3 is 5.97 Å². The number of benzene rings is 1. The van der Waals surface area contributed by atoms with Gasteiger partial charge in [-0.25, -0.2) is 4.79 Å². The molecule has 0 aliphatic heterocycles. The van der Waals surface area contributed by atoms with E-state index in [1.165, 1.54) is 7.11 Å². The van der Waals surface area contributed by atoms with Gasteiger partial charge in [0.2, 0.25) is 0 Å². The lowest BCUT2D eigenvalue weighted by Gasteiger charge is -2.00. The maximum absolute atomic E-state index is 11.3. The Hall–Kier alpha value is -1.36. The number of methoxy groups -OCH3 is 1. The topological polar surface area (TPSA) is 52.3 Å². The maximum Gasteiger partial charge on any atom is 0.337 e. The average molecular weight is 270 g/mol. The van der Waals surface area contributed by atoms with E-state index in [4.69, 9.17) is 4.52 Å². The number of aryl methyl sites for hydroxylation is 1. The molecular weight excluding hydrogens is 262 g/mol. The predicted molar refractivity (Wildman–Crippen MR) is 57.8 cm³/mol. The first-order valence-corrected chi connectivity index (χ1v) is 5.06. The molecule has 0 atom stereocenters. The number of hydrogen-bond donors (Lipinski definition) is 0. The molecule has 0 spiro atoms. The highest BCUT2D eigenvalue weighted by molar-refractivity contribution is 9.10. The molecule has 1 aromatic carbocycles. The third-order valence-corrected chi connectivity index (χ3v) is 2.72. The maximum atomic E-state index is 11.3. The van der Waals surface area contributed by atoms with E-state index in [0.29, 0.717) is 15.6 Å². The fourth-order valence-electron chi connectivity index (χ4n) is 1.35. The quantitative estimate of drug-likeness (QED) is 0.747. The Bertz CT molecular complexity index is 533. The highest BCUT2D eigenvalue weighted by Gasteiger charge is 2.13. The molecule has 2 rings (SSSR count). The van der Waals surface area contributed by atoms with Gasteiger partial charge in [-0.2, -0.15) is 0 Å². The largest absolute Gasteiger partial charge is 0.465 e. The smallest absolute Gasteiger partial charge is 0.337 e. The summed E-state index contributed by atoms with van der Waals surface area (Å²) in [5.41, 5.74) is 1.86. The summed E-state index contributed by atoms with van der Waals surface area (Å²) in [6, 6.07) is 3.36. The summed E-state index contributed by atoms with van der Waals surface area (Å²) in [6.45, 7) is 1.82. The number of aromatic nitrogens is 1. The molecule has 4 nitrogen and oxygen atoms in total. The van der Waals surface area contributed by atoms with Crippen molar-refractivity contribution in [1.29, 1.82) is 0 Å². The van der Waals surface area contributed by atoms with Gasteiger partial charge in [0.15, 0.2) is 5.58 Å². The fourth-order valence-corrected chi connectivity index (χ4v) is 1.89. The van der Waals surface area contributed by atoms with Gasteiger partial charge in [-0.3, -0.25) is 0 Å². The Morgan fingerprint density at radius 1 is 1.53 bits per heavy atom. The Balaban J connectivity index is 2.70. The van der Waals surface area contributed by atoms with Gasteiger partial charge in [-0.15, -0.1) is 0 Å². The van der Waals surface area contributed by atoms with Crippen molar-refractivity contribution in [2.75, 3.05) is 7.11 Å². The van der Waals surface area contributed by atoms with Crippen LogP contribution in [0.5, 0.6) is 0 Å². The molecule has 0 aliphatic rings. The highest BCUT2D eigenvalue weighted by Crippen LogP contribution is 2.28. The van der Waals surface area contributed by atoms with Crippen LogP contribution in [0.15, 0.2) is 21.1 Å². The number of halogens is 1. The van der Waals surface area contributed by atoms with Crippen molar-refractivity contribution in [2.45, 2.75) is 6.92 Å². The summed E-state index contributed by atoms with van der Waals surface area (Å²) in [5, 5.41) is 4.64. The number of rotatable bonds is 1. The van der Waals surface area contributed by atoms with Gasteiger partial charge in [0, 0.05) is 5.39 Å². The van der Waals surface area contributed by atoms with E-state index >= 15 is 0 Å². The summed E-state index contributed by atoms with van der Waals surface area (Å²) in [6.07, 6.45) is 0. The zero-order valence-electron chi connectivity index (χ0n) is 8.20. The van der Waals surface area contributed by atoms with Crippen LogP contribution < -0.4 is 0 Å². The molecule has 0 amide bonds. The molecule has 0 fully saturated rings. The lowest BCUT2D eigenvalue weighted by Crippen LogP contribution is -2.00. The van der Waals surface area contributed by atoms with Crippen molar-refractivity contribution in [3.63, 3.8) is 0 Å². The van der Waals surface area contributed by atoms with Crippen LogP contribution in [0.25, 0.3) is 11.0 Å². The first-order valence-electron chi connectivity index (χ1n) is 4.27. The normalized spacial score (nSPS) is 10.6. The first kappa shape index (κ1) is 10.2. The summed E-state index contributed by atoms with van der Waals surface area (Å²) < 4.78 is 10.4. The van der Waals surface area contributed by atoms with Crippen molar-refractivity contribution < 1.29 is 14.1 Å². The lowest BCUT2D eigenvalue weighted by atomic mass is 10.1. The minimum Gasteiger partial charge on any atom is -0.465 e. The van der Waals surface area contributed by atoms with Crippen LogP contribution in [0.2, 0.25) is 0 Å². The van der Waals surface area contributed by atoms with Gasteiger partial charge in [-0.05, 0) is 35.0 Å². The molecule has 1 aromatic heterocycles. The van der Waals surface area contributed by atoms with Gasteiger partial charge in [0.25, 0.3) is 0 Å². The number of esters is 1. The standard InChI is InChI=1S/C10H8BrNO3/c1-5-7-3-6(10(13)14-2)4-8(11)9(7)15-12-5/h3-4H,1-2H3. The van der Waals surface area contributed by atoms with Crippen LogP contribution in [0, 0.1) is 6.92 Å². The summed E-state index contributed by atoms with van der Waals surface area (Å²) in [5.74, 6) is -0.377. The van der Waals surface area contributed by atoms with E-state index in [-0.39, 0.29) is 5.97 Å². The minimum atomic E-state index is -0.377. The summed E-state index contributed by atoms with van der Waals surface area (Å²) in [7, 11) is 1.35. The number of hydrogen-bond acceptors (Lipinski definition) is 4. The number of carbonyl (C=O) groups excluding carboxylic acids is 1. The van der Waals surface area contributed by atoms with Gasteiger partial charge in [-0.1, -0.05) is 5.16 Å². The monoisotopic (exact) mass is 269 g/mol. The zero-order valence-corrected chi connectivity index (χ0v) is 9.79. The van der Waals surface area contributed by atoms with Gasteiger partial charge in [0.05, 0.1) is 22.8 Å². The van der Waals surface area contributed by atoms with Gasteiger partial charge in [0.1, 0.15) is 0 Å². The molecule has 0 bridgehead atoms. The Morgan fingerprint density at radius 2 is 2.27 bits per heavy atom. The molecule has 0 unspecified atom stereocenters. The SMILES string of the molecule is COC(=O)c1cc(Br)c2onc(C)c2c1. The molecule has 2 aromatic rings. The Kier molecular flexibility index (Phi) is 2.48. The number of ether oxygens (including phenoxy) is 1. The lowest BCUT2D eigenvalue weighted by molar-refractivity contribution is 0.0601. The first-order chi connectivity index (χ1) is 7.13. The molecule has 0 saturated carbocycles. The minimum absolute atomic E-state index is 0.377. The molecular formula is C10H8BrNO3. The molecule has 78 valence electrons. The van der Waals surface area contributed by atoms with Crippen molar-refractivity contribution in [3.05, 3.63) is 27.9 Å². The molecule has 0 aliphatic carbocycles. The van der Waals surface area contributed by atoms with Crippen LogP contribution in [-0.4, -0.2) is 18.2 Å². The second-order valence-electron chi connectivity index (χ2n) is 3.09. The summed E-state index contributed by atoms with van der Waals surface area (Å²) >= 11 is 3.32. The second kappa shape index (κ2) is 3.66. The van der Waals surface area contributed by atoms with Crippen LogP contribution in [0.1, 0.15) is 16.1 Å². The number of carbonyl (C=O) groups is 1. The van der Waals surface area contributed by atoms with Gasteiger partial charge < -0.3 is 9.26 Å². The van der Waals surface area contributed by atoms with Crippen LogP contribution in [0.3, 0.4) is 0 Å². The van der Waals surface area contributed by atoms with E-state index in [1.54, 1.807) is 12.1 Å². The van der Waals surface area contributed by atoms with E-state index in [2.05, 4.69) is 25.8 Å². The number of nitrogens with zero attached hydrogens (tertiary/aromatic N) is 1. The summed E-state index contributed by atoms with van der Waals surface area (Å²) in [4.78, 5) is 11.3. The highest BCUT2D eigenvalue weighted by atomic mass is 79.9. The fraction of sp³-hybridized carbons (Fsp3) is 0.200. The van der Waals surface area contributed by atoms with E-state index < -0.39 is 0 Å². The molecule has 0 N–H and O–H groups in total. The Morgan fingerprint density at radius 3 is 2.93 bits per heavy atom. The third-order valence-electron chi connectivity index (χ3n) is 2.13. The van der Waals surface area contributed by atoms with E-state index in [9.17, 15) is 4.79 Å². The average Bonchev–Trinajstić information content (AvgIpc) is 2.60. The van der Waals surface area contributed by atoms with Crippen molar-refractivity contribution in [2.24, 2.45) is 0 Å². The molecule has 5 heteroatoms. The van der Waals surface area contributed by atoms with Crippen LogP contribution >= 0.6 is 15.9 Å². The van der Waals surface area contributed by atoms with Crippen molar-refractivity contribution in [1.82, 2.24) is 5.16 Å².